The van der Waals surface area contributed by atoms with E-state index in [1.807, 2.05) is 0 Å². The summed E-state index contributed by atoms with van der Waals surface area (Å²) in [5, 5.41) is 6.13. The van der Waals surface area contributed by atoms with Gasteiger partial charge in [0, 0.05) is 30.5 Å². The van der Waals surface area contributed by atoms with Gasteiger partial charge in [0.1, 0.15) is 17.4 Å². The van der Waals surface area contributed by atoms with E-state index in [9.17, 15) is 18.4 Å². The lowest BCUT2D eigenvalue weighted by Crippen LogP contribution is -2.29. The van der Waals surface area contributed by atoms with Gasteiger partial charge in [-0.1, -0.05) is 54.4 Å². The van der Waals surface area contributed by atoms with Gasteiger partial charge in [-0.25, -0.2) is 8.78 Å². The Labute approximate surface area is 226 Å². The van der Waals surface area contributed by atoms with E-state index >= 15 is 0 Å². The summed E-state index contributed by atoms with van der Waals surface area (Å²) in [6, 6.07) is 19.4. The molecule has 0 aromatic heterocycles. The maximum atomic E-state index is 13.4. The molecule has 0 heterocycles. The predicted molar refractivity (Wildman–Crippen MR) is 145 cm³/mol. The molecule has 0 fully saturated rings. The quantitative estimate of drug-likeness (QED) is 0.189. The molecule has 3 aromatic rings. The fraction of sp³-hybridized carbons (Fsp3) is 0.267. The summed E-state index contributed by atoms with van der Waals surface area (Å²) in [4.78, 5) is 24.0. The zero-order valence-electron chi connectivity index (χ0n) is 21.0. The van der Waals surface area contributed by atoms with Gasteiger partial charge in [0.15, 0.2) is 6.61 Å². The number of unbranched alkanes of at least 4 members (excludes halogenated alkanes) is 1. The molecule has 2 N–H and O–H groups in total. The monoisotopic (exact) mass is 540 g/mol. The number of benzene rings is 3. The van der Waals surface area contributed by atoms with Crippen molar-refractivity contribution in [1.82, 2.24) is 10.6 Å². The van der Waals surface area contributed by atoms with E-state index in [2.05, 4.69) is 10.6 Å². The van der Waals surface area contributed by atoms with Crippen molar-refractivity contribution in [1.29, 1.82) is 0 Å². The molecule has 0 atom stereocenters. The number of hydrogen-bond acceptors (Lipinski definition) is 3. The molecule has 0 unspecified atom stereocenters. The molecule has 0 radical (unpaired) electrons. The Morgan fingerprint density at radius 2 is 1.29 bits per heavy atom. The van der Waals surface area contributed by atoms with Crippen molar-refractivity contribution in [3.05, 3.63) is 113 Å². The normalized spacial score (nSPS) is 11.1. The number of rotatable bonds is 14. The maximum Gasteiger partial charge on any atom is 0.258 e. The molecule has 0 bridgehead atoms. The molecule has 2 amide bonds. The molecule has 8 heteroatoms. The van der Waals surface area contributed by atoms with Crippen LogP contribution in [0, 0.1) is 11.6 Å². The minimum Gasteiger partial charge on any atom is -0.484 e. The van der Waals surface area contributed by atoms with E-state index in [0.717, 1.165) is 24.0 Å². The summed E-state index contributed by atoms with van der Waals surface area (Å²) < 4.78 is 32.1. The van der Waals surface area contributed by atoms with Gasteiger partial charge in [0.25, 0.3) is 5.91 Å². The van der Waals surface area contributed by atoms with E-state index < -0.39 is 0 Å². The Kier molecular flexibility index (Phi) is 11.8. The van der Waals surface area contributed by atoms with Gasteiger partial charge in [-0.15, -0.1) is 0 Å². The zero-order chi connectivity index (χ0) is 27.2. The van der Waals surface area contributed by atoms with Gasteiger partial charge in [-0.2, -0.15) is 0 Å². The topological polar surface area (TPSA) is 67.4 Å². The fourth-order valence-electron chi connectivity index (χ4n) is 3.88. The Balaban J connectivity index is 1.31. The highest BCUT2D eigenvalue weighted by Crippen LogP contribution is 2.30. The highest BCUT2D eigenvalue weighted by molar-refractivity contribution is 6.30. The smallest absolute Gasteiger partial charge is 0.258 e. The van der Waals surface area contributed by atoms with Crippen LogP contribution in [0.5, 0.6) is 5.75 Å². The molecule has 0 spiro atoms. The number of ether oxygens (including phenoxy) is 1. The molecule has 0 saturated heterocycles. The first-order valence-corrected chi connectivity index (χ1v) is 12.9. The number of carbonyl (C=O) groups excluding carboxylic acids is 2. The minimum atomic E-state index is -0.303. The Hall–Kier alpha value is -3.71. The molecule has 0 saturated carbocycles. The average Bonchev–Trinajstić information content (AvgIpc) is 2.92. The van der Waals surface area contributed by atoms with Crippen LogP contribution in [0.25, 0.3) is 0 Å². The molecule has 5 nitrogen and oxygen atoms in total. The molecule has 0 aliphatic rings. The Bertz CT molecular complexity index is 1140. The number of halogens is 3. The third-order valence-electron chi connectivity index (χ3n) is 5.88. The number of hydrogen-bond donors (Lipinski definition) is 2. The number of amides is 2. The second-order valence-electron chi connectivity index (χ2n) is 8.72. The van der Waals surface area contributed by atoms with Crippen molar-refractivity contribution in [3.63, 3.8) is 0 Å². The van der Waals surface area contributed by atoms with Crippen LogP contribution >= 0.6 is 11.6 Å². The highest BCUT2D eigenvalue weighted by atomic mass is 35.5. The predicted octanol–water partition coefficient (Wildman–Crippen LogP) is 6.18. The Morgan fingerprint density at radius 3 is 1.84 bits per heavy atom. The van der Waals surface area contributed by atoms with E-state index in [-0.39, 0.29) is 36.0 Å². The van der Waals surface area contributed by atoms with Crippen LogP contribution in [0.15, 0.2) is 84.9 Å². The molecular weight excluding hydrogens is 510 g/mol. The summed E-state index contributed by atoms with van der Waals surface area (Å²) in [5.41, 5.74) is 1.91. The van der Waals surface area contributed by atoms with Crippen molar-refractivity contribution in [3.8, 4) is 5.75 Å². The van der Waals surface area contributed by atoms with Gasteiger partial charge < -0.3 is 15.4 Å². The van der Waals surface area contributed by atoms with Crippen LogP contribution in [-0.2, 0) is 9.59 Å². The molecule has 0 aliphatic heterocycles. The standard InChI is InChI=1S/C30H31ClF2N2O3/c31-24-11-17-27(18-12-24)38-21-30(37)35-20-4-3-19-34-29(36)6-2-1-5-28(22-7-13-25(32)14-8-22)23-9-15-26(33)16-10-23/h3-4,7-18,28H,1-2,5-6,19-21H2,(H,34,36)(H,35,37). The first-order valence-electron chi connectivity index (χ1n) is 12.5. The van der Waals surface area contributed by atoms with Crippen molar-refractivity contribution in [2.75, 3.05) is 19.7 Å². The molecule has 200 valence electrons. The maximum absolute atomic E-state index is 13.4. The highest BCUT2D eigenvalue weighted by Gasteiger charge is 2.15. The third-order valence-corrected chi connectivity index (χ3v) is 6.13. The summed E-state index contributed by atoms with van der Waals surface area (Å²) in [5.74, 6) is -0.368. The van der Waals surface area contributed by atoms with Crippen molar-refractivity contribution >= 4 is 23.4 Å². The third kappa shape index (κ3) is 10.3. The average molecular weight is 541 g/mol. The lowest BCUT2D eigenvalue weighted by atomic mass is 9.87. The first kappa shape index (κ1) is 28.9. The van der Waals surface area contributed by atoms with E-state index in [1.54, 1.807) is 60.7 Å². The van der Waals surface area contributed by atoms with Crippen molar-refractivity contribution in [2.24, 2.45) is 0 Å². The van der Waals surface area contributed by atoms with Crippen LogP contribution in [0.4, 0.5) is 8.78 Å². The summed E-state index contributed by atoms with van der Waals surface area (Å²) in [6.07, 6.45) is 6.15. The Morgan fingerprint density at radius 1 is 0.763 bits per heavy atom. The van der Waals surface area contributed by atoms with Gasteiger partial charge in [0.05, 0.1) is 0 Å². The fourth-order valence-corrected chi connectivity index (χ4v) is 4.01. The van der Waals surface area contributed by atoms with Crippen molar-refractivity contribution in [2.45, 2.75) is 31.6 Å². The summed E-state index contributed by atoms with van der Waals surface area (Å²) in [6.45, 7) is 0.589. The number of carbonyl (C=O) groups is 2. The van der Waals surface area contributed by atoms with E-state index in [4.69, 9.17) is 16.3 Å². The minimum absolute atomic E-state index is 0.00556. The first-order chi connectivity index (χ1) is 18.4. The van der Waals surface area contributed by atoms with E-state index in [0.29, 0.717) is 36.7 Å². The van der Waals surface area contributed by atoms with Crippen LogP contribution < -0.4 is 15.4 Å². The van der Waals surface area contributed by atoms with Gasteiger partial charge >= 0.3 is 0 Å². The molecule has 38 heavy (non-hydrogen) atoms. The second-order valence-corrected chi connectivity index (χ2v) is 9.16. The zero-order valence-corrected chi connectivity index (χ0v) is 21.7. The van der Waals surface area contributed by atoms with Crippen LogP contribution in [-0.4, -0.2) is 31.5 Å². The van der Waals surface area contributed by atoms with Crippen LogP contribution in [0.1, 0.15) is 42.7 Å². The lowest BCUT2D eigenvalue weighted by molar-refractivity contribution is -0.123. The number of nitrogens with one attached hydrogen (secondary N) is 2. The van der Waals surface area contributed by atoms with Crippen molar-refractivity contribution < 1.29 is 23.1 Å². The largest absolute Gasteiger partial charge is 0.484 e. The SMILES string of the molecule is O=C(CCCCC(c1ccc(F)cc1)c1ccc(F)cc1)NCC=CCNC(=O)COc1ccc(Cl)cc1. The molecule has 3 aromatic carbocycles. The second kappa shape index (κ2) is 15.5. The van der Waals surface area contributed by atoms with Gasteiger partial charge in [-0.3, -0.25) is 9.59 Å². The van der Waals surface area contributed by atoms with E-state index in [1.165, 1.54) is 24.3 Å². The van der Waals surface area contributed by atoms with Crippen LogP contribution in [0.3, 0.4) is 0 Å². The molecule has 0 aliphatic carbocycles. The van der Waals surface area contributed by atoms with Gasteiger partial charge in [0.2, 0.25) is 5.91 Å². The molecular formula is C30H31ClF2N2O3. The molecule has 3 rings (SSSR count). The van der Waals surface area contributed by atoms with Gasteiger partial charge in [-0.05, 0) is 72.5 Å². The summed E-state index contributed by atoms with van der Waals surface area (Å²) >= 11 is 5.81. The lowest BCUT2D eigenvalue weighted by Gasteiger charge is -2.18. The van der Waals surface area contributed by atoms with Crippen LogP contribution in [0.2, 0.25) is 5.02 Å². The summed E-state index contributed by atoms with van der Waals surface area (Å²) in [7, 11) is 0.